The summed E-state index contributed by atoms with van der Waals surface area (Å²) in [5.74, 6) is 1.61. The molecule has 0 aromatic heterocycles. The number of amides is 2. The van der Waals surface area contributed by atoms with Gasteiger partial charge < -0.3 is 10.6 Å². The summed E-state index contributed by atoms with van der Waals surface area (Å²) in [6.07, 6.45) is 5.07. The molecule has 0 spiro atoms. The first kappa shape index (κ1) is 22.1. The first-order chi connectivity index (χ1) is 13.5. The van der Waals surface area contributed by atoms with Crippen molar-refractivity contribution in [1.29, 1.82) is 0 Å². The number of hydrogen-bond donors (Lipinski definition) is 3. The Morgan fingerprint density at radius 1 is 1.00 bits per heavy atom. The lowest BCUT2D eigenvalue weighted by molar-refractivity contribution is -0.123. The van der Waals surface area contributed by atoms with Crippen molar-refractivity contribution in [3.8, 4) is 12.3 Å². The van der Waals surface area contributed by atoms with Crippen LogP contribution in [0.5, 0.6) is 0 Å². The maximum absolute atomic E-state index is 12.5. The third-order valence-corrected chi connectivity index (χ3v) is 5.25. The van der Waals surface area contributed by atoms with Crippen LogP contribution in [-0.2, 0) is 14.8 Å². The standard InChI is InChI=1S/C21H23N3O4S/c1-5-13-22-29(27,28)18-8-6-7-15(14-18)19(25)23-16-9-11-17(12-10-16)24-20(26)21(2,3)4/h1,6-12,14,22H,13H2,2-4H3,(H,23,25)(H,24,26). The van der Waals surface area contributed by atoms with E-state index in [1.165, 1.54) is 24.3 Å². The highest BCUT2D eigenvalue weighted by atomic mass is 32.2. The van der Waals surface area contributed by atoms with E-state index in [9.17, 15) is 18.0 Å². The van der Waals surface area contributed by atoms with Crippen LogP contribution in [-0.4, -0.2) is 26.8 Å². The Morgan fingerprint density at radius 2 is 1.59 bits per heavy atom. The Bertz CT molecular complexity index is 1050. The molecule has 0 unspecified atom stereocenters. The Morgan fingerprint density at radius 3 is 2.14 bits per heavy atom. The summed E-state index contributed by atoms with van der Waals surface area (Å²) in [4.78, 5) is 24.4. The predicted octanol–water partition coefficient (Wildman–Crippen LogP) is 2.84. The van der Waals surface area contributed by atoms with E-state index in [4.69, 9.17) is 6.42 Å². The number of anilines is 2. The SMILES string of the molecule is C#CCNS(=O)(=O)c1cccc(C(=O)Nc2ccc(NC(=O)C(C)(C)C)cc2)c1. The highest BCUT2D eigenvalue weighted by Crippen LogP contribution is 2.20. The number of carbonyl (C=O) groups is 2. The Labute approximate surface area is 171 Å². The molecule has 3 N–H and O–H groups in total. The van der Waals surface area contributed by atoms with Crippen LogP contribution in [0.4, 0.5) is 11.4 Å². The molecule has 2 aromatic rings. The lowest BCUT2D eigenvalue weighted by Crippen LogP contribution is -2.27. The van der Waals surface area contributed by atoms with Crippen LogP contribution >= 0.6 is 0 Å². The fourth-order valence-corrected chi connectivity index (χ4v) is 3.16. The van der Waals surface area contributed by atoms with Crippen LogP contribution in [0.3, 0.4) is 0 Å². The van der Waals surface area contributed by atoms with Gasteiger partial charge in [-0.05, 0) is 42.5 Å². The zero-order chi connectivity index (χ0) is 21.7. The quantitative estimate of drug-likeness (QED) is 0.634. The molecule has 0 saturated carbocycles. The predicted molar refractivity (Wildman–Crippen MR) is 113 cm³/mol. The van der Waals surface area contributed by atoms with Gasteiger partial charge in [0.15, 0.2) is 0 Å². The van der Waals surface area contributed by atoms with Gasteiger partial charge >= 0.3 is 0 Å². The van der Waals surface area contributed by atoms with E-state index in [-0.39, 0.29) is 22.9 Å². The average molecular weight is 413 g/mol. The number of nitrogens with one attached hydrogen (secondary N) is 3. The van der Waals surface area contributed by atoms with Crippen LogP contribution in [0, 0.1) is 17.8 Å². The van der Waals surface area contributed by atoms with Crippen molar-refractivity contribution in [2.75, 3.05) is 17.2 Å². The molecular formula is C21H23N3O4S. The van der Waals surface area contributed by atoms with Crippen LogP contribution in [0.15, 0.2) is 53.4 Å². The molecule has 0 aliphatic carbocycles. The largest absolute Gasteiger partial charge is 0.326 e. The molecule has 0 bridgehead atoms. The monoisotopic (exact) mass is 413 g/mol. The molecule has 2 rings (SSSR count). The van der Waals surface area contributed by atoms with Crippen molar-refractivity contribution < 1.29 is 18.0 Å². The minimum atomic E-state index is -3.79. The van der Waals surface area contributed by atoms with E-state index in [1.54, 1.807) is 24.3 Å². The van der Waals surface area contributed by atoms with Crippen LogP contribution < -0.4 is 15.4 Å². The summed E-state index contributed by atoms with van der Waals surface area (Å²) >= 11 is 0. The van der Waals surface area contributed by atoms with Gasteiger partial charge in [0.2, 0.25) is 15.9 Å². The Balaban J connectivity index is 2.10. The minimum absolute atomic E-state index is 0.0550. The number of rotatable bonds is 6. The zero-order valence-electron chi connectivity index (χ0n) is 16.4. The Hall–Kier alpha value is -3.15. The molecule has 0 aliphatic rings. The molecule has 0 aliphatic heterocycles. The maximum atomic E-state index is 12.5. The summed E-state index contributed by atoms with van der Waals surface area (Å²) in [6.45, 7) is 5.30. The van der Waals surface area contributed by atoms with Crippen molar-refractivity contribution >= 4 is 33.2 Å². The van der Waals surface area contributed by atoms with E-state index in [1.807, 2.05) is 20.8 Å². The third-order valence-electron chi connectivity index (χ3n) is 3.85. The highest BCUT2D eigenvalue weighted by molar-refractivity contribution is 7.89. The number of carbonyl (C=O) groups excluding carboxylic acids is 2. The minimum Gasteiger partial charge on any atom is -0.326 e. The first-order valence-corrected chi connectivity index (χ1v) is 10.3. The van der Waals surface area contributed by atoms with E-state index in [0.717, 1.165) is 0 Å². The van der Waals surface area contributed by atoms with E-state index in [0.29, 0.717) is 11.4 Å². The van der Waals surface area contributed by atoms with Crippen molar-refractivity contribution in [3.63, 3.8) is 0 Å². The molecule has 29 heavy (non-hydrogen) atoms. The lowest BCUT2D eigenvalue weighted by Gasteiger charge is -2.17. The molecule has 152 valence electrons. The summed E-state index contributed by atoms with van der Waals surface area (Å²) in [6, 6.07) is 12.3. The normalized spacial score (nSPS) is 11.4. The van der Waals surface area contributed by atoms with Gasteiger partial charge in [0.05, 0.1) is 11.4 Å². The van der Waals surface area contributed by atoms with Gasteiger partial charge in [-0.1, -0.05) is 32.8 Å². The van der Waals surface area contributed by atoms with Crippen LogP contribution in [0.1, 0.15) is 31.1 Å². The number of sulfonamides is 1. The molecule has 0 saturated heterocycles. The van der Waals surface area contributed by atoms with Crippen LogP contribution in [0.2, 0.25) is 0 Å². The van der Waals surface area contributed by atoms with Crippen molar-refractivity contribution in [1.82, 2.24) is 4.72 Å². The highest BCUT2D eigenvalue weighted by Gasteiger charge is 2.21. The second-order valence-electron chi connectivity index (χ2n) is 7.29. The van der Waals surface area contributed by atoms with Gasteiger partial charge in [0.25, 0.3) is 5.91 Å². The van der Waals surface area contributed by atoms with E-state index in [2.05, 4.69) is 21.3 Å². The maximum Gasteiger partial charge on any atom is 0.255 e. The summed E-state index contributed by atoms with van der Waals surface area (Å²) in [5.41, 5.74) is 0.768. The van der Waals surface area contributed by atoms with E-state index < -0.39 is 21.3 Å². The summed E-state index contributed by atoms with van der Waals surface area (Å²) < 4.78 is 26.5. The zero-order valence-corrected chi connectivity index (χ0v) is 17.3. The smallest absolute Gasteiger partial charge is 0.255 e. The number of hydrogen-bond acceptors (Lipinski definition) is 4. The van der Waals surface area contributed by atoms with Gasteiger partial charge in [-0.15, -0.1) is 6.42 Å². The molecular weight excluding hydrogens is 390 g/mol. The summed E-state index contributed by atoms with van der Waals surface area (Å²) in [7, 11) is -3.79. The van der Waals surface area contributed by atoms with Crippen LogP contribution in [0.25, 0.3) is 0 Å². The second kappa shape index (κ2) is 8.90. The topological polar surface area (TPSA) is 104 Å². The molecule has 8 heteroatoms. The Kier molecular flexibility index (Phi) is 6.80. The van der Waals surface area contributed by atoms with Gasteiger partial charge in [0, 0.05) is 22.4 Å². The molecule has 0 radical (unpaired) electrons. The van der Waals surface area contributed by atoms with Crippen molar-refractivity contribution in [3.05, 3.63) is 54.1 Å². The number of terminal acetylenes is 1. The van der Waals surface area contributed by atoms with Gasteiger partial charge in [-0.2, -0.15) is 4.72 Å². The molecule has 0 atom stereocenters. The fourth-order valence-electron chi connectivity index (χ4n) is 2.18. The molecule has 0 heterocycles. The third kappa shape index (κ3) is 6.17. The molecule has 2 aromatic carbocycles. The first-order valence-electron chi connectivity index (χ1n) is 8.79. The van der Waals surface area contributed by atoms with Gasteiger partial charge in [0.1, 0.15) is 0 Å². The van der Waals surface area contributed by atoms with Crippen molar-refractivity contribution in [2.24, 2.45) is 5.41 Å². The second-order valence-corrected chi connectivity index (χ2v) is 9.06. The fraction of sp³-hybridized carbons (Fsp3) is 0.238. The average Bonchev–Trinajstić information content (AvgIpc) is 2.67. The number of benzene rings is 2. The lowest BCUT2D eigenvalue weighted by atomic mass is 9.95. The molecule has 0 fully saturated rings. The molecule has 7 nitrogen and oxygen atoms in total. The summed E-state index contributed by atoms with van der Waals surface area (Å²) in [5, 5.41) is 5.49. The van der Waals surface area contributed by atoms with E-state index >= 15 is 0 Å². The van der Waals surface area contributed by atoms with Crippen molar-refractivity contribution in [2.45, 2.75) is 25.7 Å². The molecule has 2 amide bonds. The van der Waals surface area contributed by atoms with Gasteiger partial charge in [-0.3, -0.25) is 9.59 Å². The van der Waals surface area contributed by atoms with Gasteiger partial charge in [-0.25, -0.2) is 8.42 Å².